The summed E-state index contributed by atoms with van der Waals surface area (Å²) < 4.78 is 5.17. The molecule has 1 atom stereocenters. The second-order valence-electron chi connectivity index (χ2n) is 4.54. The van der Waals surface area contributed by atoms with Crippen molar-refractivity contribution in [3.63, 3.8) is 0 Å². The van der Waals surface area contributed by atoms with Gasteiger partial charge >= 0.3 is 0 Å². The highest BCUT2D eigenvalue weighted by Crippen LogP contribution is 2.17. The maximum atomic E-state index is 10.1. The molecule has 0 aliphatic heterocycles. The Labute approximate surface area is 118 Å². The van der Waals surface area contributed by atoms with Crippen molar-refractivity contribution in [2.24, 2.45) is 0 Å². The lowest BCUT2D eigenvalue weighted by Crippen LogP contribution is -2.13. The minimum absolute atomic E-state index is 0.425. The summed E-state index contributed by atoms with van der Waals surface area (Å²) in [6, 6.07) is 15.4. The highest BCUT2D eigenvalue weighted by Gasteiger charge is 2.08. The molecule has 1 N–H and O–H groups in total. The Morgan fingerprint density at radius 2 is 1.68 bits per heavy atom. The Kier molecular flexibility index (Phi) is 4.83. The molecule has 100 valence electrons. The van der Waals surface area contributed by atoms with Gasteiger partial charge < -0.3 is 9.84 Å². The first kappa shape index (κ1) is 13.9. The zero-order valence-corrected chi connectivity index (χ0v) is 11.6. The van der Waals surface area contributed by atoms with E-state index >= 15 is 0 Å². The van der Waals surface area contributed by atoms with Crippen LogP contribution in [-0.2, 0) is 12.8 Å². The highest BCUT2D eigenvalue weighted by atomic mass is 35.5. The SMILES string of the molecule is COc1cccc(CC(O)Cc2cccc(Cl)c2)c1. The van der Waals surface area contributed by atoms with E-state index in [0.717, 1.165) is 16.9 Å². The monoisotopic (exact) mass is 276 g/mol. The van der Waals surface area contributed by atoms with Crippen LogP contribution in [-0.4, -0.2) is 18.3 Å². The third kappa shape index (κ3) is 4.27. The van der Waals surface area contributed by atoms with Gasteiger partial charge in [0.1, 0.15) is 5.75 Å². The first-order chi connectivity index (χ1) is 9.17. The van der Waals surface area contributed by atoms with E-state index in [1.54, 1.807) is 7.11 Å². The molecule has 0 saturated heterocycles. The molecule has 3 heteroatoms. The number of halogens is 1. The zero-order chi connectivity index (χ0) is 13.7. The van der Waals surface area contributed by atoms with E-state index in [9.17, 15) is 5.11 Å². The van der Waals surface area contributed by atoms with Gasteiger partial charge in [0.25, 0.3) is 0 Å². The maximum absolute atomic E-state index is 10.1. The van der Waals surface area contributed by atoms with E-state index in [2.05, 4.69) is 0 Å². The molecule has 1 unspecified atom stereocenters. The van der Waals surface area contributed by atoms with Crippen molar-refractivity contribution in [2.75, 3.05) is 7.11 Å². The molecule has 2 nitrogen and oxygen atoms in total. The first-order valence-electron chi connectivity index (χ1n) is 6.23. The molecular weight excluding hydrogens is 260 g/mol. The summed E-state index contributed by atoms with van der Waals surface area (Å²) in [5, 5.41) is 10.8. The average molecular weight is 277 g/mol. The summed E-state index contributed by atoms with van der Waals surface area (Å²) in [7, 11) is 1.64. The second-order valence-corrected chi connectivity index (χ2v) is 4.98. The van der Waals surface area contributed by atoms with E-state index in [-0.39, 0.29) is 0 Å². The molecule has 0 fully saturated rings. The normalized spacial score (nSPS) is 12.2. The van der Waals surface area contributed by atoms with Gasteiger partial charge in [0.05, 0.1) is 13.2 Å². The third-order valence-electron chi connectivity index (χ3n) is 2.97. The molecule has 0 aromatic heterocycles. The Hall–Kier alpha value is -1.51. The van der Waals surface area contributed by atoms with Crippen LogP contribution in [0.5, 0.6) is 5.75 Å². The Balaban J connectivity index is 1.98. The summed E-state index contributed by atoms with van der Waals surface area (Å²) in [5.41, 5.74) is 2.11. The number of hydrogen-bond donors (Lipinski definition) is 1. The van der Waals surface area contributed by atoms with Gasteiger partial charge in [0.2, 0.25) is 0 Å². The number of rotatable bonds is 5. The fourth-order valence-corrected chi connectivity index (χ4v) is 2.29. The van der Waals surface area contributed by atoms with Crippen LogP contribution < -0.4 is 4.74 Å². The van der Waals surface area contributed by atoms with Crippen LogP contribution in [0.3, 0.4) is 0 Å². The molecule has 0 heterocycles. The van der Waals surface area contributed by atoms with Gasteiger partial charge in [-0.3, -0.25) is 0 Å². The zero-order valence-electron chi connectivity index (χ0n) is 10.8. The fourth-order valence-electron chi connectivity index (χ4n) is 2.08. The number of hydrogen-bond acceptors (Lipinski definition) is 2. The smallest absolute Gasteiger partial charge is 0.119 e. The minimum atomic E-state index is -0.425. The molecule has 0 spiro atoms. The van der Waals surface area contributed by atoms with Crippen LogP contribution >= 0.6 is 11.6 Å². The van der Waals surface area contributed by atoms with Crippen LogP contribution in [0.15, 0.2) is 48.5 Å². The molecule has 0 aliphatic carbocycles. The molecular formula is C16H17ClO2. The predicted octanol–water partition coefficient (Wildman–Crippen LogP) is 3.49. The lowest BCUT2D eigenvalue weighted by molar-refractivity contribution is 0.175. The van der Waals surface area contributed by atoms with Gasteiger partial charge in [-0.25, -0.2) is 0 Å². The van der Waals surface area contributed by atoms with Crippen molar-refractivity contribution in [1.29, 1.82) is 0 Å². The molecule has 0 amide bonds. The Bertz CT molecular complexity index is 540. The topological polar surface area (TPSA) is 29.5 Å². The van der Waals surface area contributed by atoms with Gasteiger partial charge in [0, 0.05) is 5.02 Å². The van der Waals surface area contributed by atoms with Crippen molar-refractivity contribution in [3.05, 3.63) is 64.7 Å². The van der Waals surface area contributed by atoms with Gasteiger partial charge in [-0.15, -0.1) is 0 Å². The van der Waals surface area contributed by atoms with E-state index in [0.29, 0.717) is 17.9 Å². The van der Waals surface area contributed by atoms with Crippen LogP contribution in [0.1, 0.15) is 11.1 Å². The lowest BCUT2D eigenvalue weighted by atomic mass is 10.0. The van der Waals surface area contributed by atoms with E-state index < -0.39 is 6.10 Å². The standard InChI is InChI=1S/C16H17ClO2/c1-19-16-7-3-5-13(11-16)10-15(18)9-12-4-2-6-14(17)8-12/h2-8,11,15,18H,9-10H2,1H3. The predicted molar refractivity (Wildman–Crippen MR) is 77.9 cm³/mol. The van der Waals surface area contributed by atoms with Crippen LogP contribution in [0, 0.1) is 0 Å². The van der Waals surface area contributed by atoms with Gasteiger partial charge in [-0.1, -0.05) is 35.9 Å². The van der Waals surface area contributed by atoms with Crippen LogP contribution in [0.4, 0.5) is 0 Å². The lowest BCUT2D eigenvalue weighted by Gasteiger charge is -2.11. The average Bonchev–Trinajstić information content (AvgIpc) is 2.38. The molecule has 0 bridgehead atoms. The van der Waals surface area contributed by atoms with Crippen molar-refractivity contribution < 1.29 is 9.84 Å². The van der Waals surface area contributed by atoms with Crippen LogP contribution in [0.25, 0.3) is 0 Å². The number of methoxy groups -OCH3 is 1. The summed E-state index contributed by atoms with van der Waals surface area (Å²) >= 11 is 5.93. The molecule has 2 aromatic rings. The Morgan fingerprint density at radius 3 is 2.32 bits per heavy atom. The molecule has 0 radical (unpaired) electrons. The van der Waals surface area contributed by atoms with Crippen molar-refractivity contribution >= 4 is 11.6 Å². The van der Waals surface area contributed by atoms with Gasteiger partial charge in [0.15, 0.2) is 0 Å². The highest BCUT2D eigenvalue weighted by molar-refractivity contribution is 6.30. The van der Waals surface area contributed by atoms with E-state index in [4.69, 9.17) is 16.3 Å². The number of aliphatic hydroxyl groups is 1. The van der Waals surface area contributed by atoms with Crippen molar-refractivity contribution in [2.45, 2.75) is 18.9 Å². The molecule has 19 heavy (non-hydrogen) atoms. The molecule has 0 aliphatic rings. The second kappa shape index (κ2) is 6.60. The van der Waals surface area contributed by atoms with Gasteiger partial charge in [-0.2, -0.15) is 0 Å². The summed E-state index contributed by atoms with van der Waals surface area (Å²) in [4.78, 5) is 0. The van der Waals surface area contributed by atoms with Crippen molar-refractivity contribution in [1.82, 2.24) is 0 Å². The summed E-state index contributed by atoms with van der Waals surface area (Å²) in [5.74, 6) is 0.812. The Morgan fingerprint density at radius 1 is 1.05 bits per heavy atom. The van der Waals surface area contributed by atoms with Crippen LogP contribution in [0.2, 0.25) is 5.02 Å². The summed E-state index contributed by atoms with van der Waals surface area (Å²) in [6.45, 7) is 0. The third-order valence-corrected chi connectivity index (χ3v) is 3.20. The van der Waals surface area contributed by atoms with E-state index in [1.807, 2.05) is 48.5 Å². The molecule has 0 saturated carbocycles. The van der Waals surface area contributed by atoms with Crippen molar-refractivity contribution in [3.8, 4) is 5.75 Å². The van der Waals surface area contributed by atoms with Gasteiger partial charge in [-0.05, 0) is 48.2 Å². The molecule has 2 aromatic carbocycles. The summed E-state index contributed by atoms with van der Waals surface area (Å²) in [6.07, 6.45) is 0.771. The largest absolute Gasteiger partial charge is 0.497 e. The number of ether oxygens (including phenoxy) is 1. The minimum Gasteiger partial charge on any atom is -0.497 e. The molecule has 2 rings (SSSR count). The quantitative estimate of drug-likeness (QED) is 0.906. The van der Waals surface area contributed by atoms with E-state index in [1.165, 1.54) is 0 Å². The fraction of sp³-hybridized carbons (Fsp3) is 0.250. The number of benzene rings is 2. The number of aliphatic hydroxyl groups excluding tert-OH is 1. The maximum Gasteiger partial charge on any atom is 0.119 e. The first-order valence-corrected chi connectivity index (χ1v) is 6.60.